The quantitative estimate of drug-likeness (QED) is 0.912. The molecule has 0 amide bonds. The van der Waals surface area contributed by atoms with Crippen LogP contribution in [0.15, 0.2) is 69.7 Å². The van der Waals surface area contributed by atoms with Crippen LogP contribution in [-0.4, -0.2) is 11.7 Å². The van der Waals surface area contributed by atoms with Gasteiger partial charge in [0.25, 0.3) is 0 Å². The summed E-state index contributed by atoms with van der Waals surface area (Å²) in [6.07, 6.45) is 0. The number of benzene rings is 2. The van der Waals surface area contributed by atoms with Crippen LogP contribution in [0.1, 0.15) is 11.1 Å². The molecule has 1 aliphatic rings. The van der Waals surface area contributed by atoms with Gasteiger partial charge >= 0.3 is 0 Å². The highest BCUT2D eigenvalue weighted by atomic mass is 32.2. The minimum atomic E-state index is 0.218. The first-order valence-electron chi connectivity index (χ1n) is 5.98. The maximum Gasteiger partial charge on any atom is 0.173 e. The predicted octanol–water partition coefficient (Wildman–Crippen LogP) is 2.88. The third-order valence-electron chi connectivity index (χ3n) is 2.81. The minimum absolute atomic E-state index is 0.218. The van der Waals surface area contributed by atoms with Crippen molar-refractivity contribution >= 4 is 23.8 Å². The molecule has 0 aliphatic carbocycles. The summed E-state index contributed by atoms with van der Waals surface area (Å²) in [4.78, 5) is 0.562. The van der Waals surface area contributed by atoms with E-state index in [1.54, 1.807) is 24.3 Å². The Kier molecular flexibility index (Phi) is 3.64. The maximum absolute atomic E-state index is 12.4. The normalized spacial score (nSPS) is 13.8. The number of halogens is 1. The molecule has 0 saturated heterocycles. The van der Waals surface area contributed by atoms with E-state index in [1.807, 2.05) is 30.3 Å². The van der Waals surface area contributed by atoms with E-state index in [4.69, 9.17) is 0 Å². The molecule has 0 radical (unpaired) electrons. The van der Waals surface area contributed by atoms with Crippen molar-refractivity contribution in [1.82, 2.24) is 10.9 Å². The summed E-state index contributed by atoms with van der Waals surface area (Å²) >= 11 is 0.218. The van der Waals surface area contributed by atoms with Crippen LogP contribution in [0.5, 0.6) is 0 Å². The summed E-state index contributed by atoms with van der Waals surface area (Å²) in [7, 11) is 0. The fourth-order valence-electron chi connectivity index (χ4n) is 1.79. The minimum Gasteiger partial charge on any atom is -0.257 e. The van der Waals surface area contributed by atoms with Crippen LogP contribution in [0.25, 0.3) is 0 Å². The van der Waals surface area contributed by atoms with Crippen LogP contribution >= 0.6 is 12.1 Å². The molecule has 100 valence electrons. The van der Waals surface area contributed by atoms with Gasteiger partial charge in [-0.1, -0.05) is 30.3 Å². The fourth-order valence-corrected chi connectivity index (χ4v) is 2.03. The van der Waals surface area contributed by atoms with Crippen molar-refractivity contribution in [2.75, 3.05) is 0 Å². The Balaban J connectivity index is 1.75. The van der Waals surface area contributed by atoms with Crippen molar-refractivity contribution in [1.29, 1.82) is 0 Å². The van der Waals surface area contributed by atoms with Crippen LogP contribution in [0.2, 0.25) is 0 Å². The number of hydrogen-bond acceptors (Lipinski definition) is 5. The lowest BCUT2D eigenvalue weighted by Crippen LogP contribution is -2.34. The Morgan fingerprint density at radius 3 is 1.80 bits per heavy atom. The zero-order valence-corrected chi connectivity index (χ0v) is 11.2. The maximum atomic E-state index is 12.4. The molecule has 2 N–H and O–H groups in total. The molecule has 6 heteroatoms. The van der Waals surface area contributed by atoms with Crippen molar-refractivity contribution < 1.29 is 3.89 Å². The van der Waals surface area contributed by atoms with E-state index in [2.05, 4.69) is 21.1 Å². The lowest BCUT2D eigenvalue weighted by atomic mass is 10.2. The lowest BCUT2D eigenvalue weighted by molar-refractivity contribution is 0.883. The second kappa shape index (κ2) is 5.75. The van der Waals surface area contributed by atoms with Gasteiger partial charge in [-0.05, 0) is 24.3 Å². The molecule has 0 spiro atoms. The Bertz CT molecular complexity index is 653. The van der Waals surface area contributed by atoms with Crippen molar-refractivity contribution in [3.63, 3.8) is 0 Å². The first-order valence-corrected chi connectivity index (χ1v) is 6.70. The second-order valence-corrected chi connectivity index (χ2v) is 4.74. The van der Waals surface area contributed by atoms with Gasteiger partial charge < -0.3 is 0 Å². The molecular formula is C14H11FN4S. The Labute approximate surface area is 120 Å². The summed E-state index contributed by atoms with van der Waals surface area (Å²) in [5.41, 5.74) is 7.60. The molecule has 4 nitrogen and oxygen atoms in total. The summed E-state index contributed by atoms with van der Waals surface area (Å²) in [5.74, 6) is 1.25. The third-order valence-corrected chi connectivity index (χ3v) is 3.26. The largest absolute Gasteiger partial charge is 0.257 e. The van der Waals surface area contributed by atoms with Gasteiger partial charge in [-0.3, -0.25) is 10.9 Å². The van der Waals surface area contributed by atoms with Gasteiger partial charge in [0.1, 0.15) is 0 Å². The Morgan fingerprint density at radius 1 is 0.750 bits per heavy atom. The molecule has 1 aliphatic heterocycles. The highest BCUT2D eigenvalue weighted by Gasteiger charge is 2.11. The molecule has 0 atom stereocenters. The highest BCUT2D eigenvalue weighted by Crippen LogP contribution is 2.19. The van der Waals surface area contributed by atoms with E-state index in [0.29, 0.717) is 16.6 Å². The average molecular weight is 286 g/mol. The number of nitrogens with one attached hydrogen (secondary N) is 2. The van der Waals surface area contributed by atoms with Crippen molar-refractivity contribution in [2.45, 2.75) is 4.90 Å². The number of rotatable bonds is 3. The smallest absolute Gasteiger partial charge is 0.173 e. The van der Waals surface area contributed by atoms with Crippen molar-refractivity contribution in [2.24, 2.45) is 10.2 Å². The first kappa shape index (κ1) is 12.7. The number of hydrazone groups is 2. The highest BCUT2D eigenvalue weighted by molar-refractivity contribution is 7.94. The molecule has 0 saturated carbocycles. The number of amidine groups is 2. The molecule has 2 aromatic carbocycles. The average Bonchev–Trinajstić information content (AvgIpc) is 2.56. The van der Waals surface area contributed by atoms with E-state index in [9.17, 15) is 3.89 Å². The van der Waals surface area contributed by atoms with E-state index >= 15 is 0 Å². The molecule has 0 fully saturated rings. The number of hydrogen-bond donors (Lipinski definition) is 2. The van der Waals surface area contributed by atoms with Crippen LogP contribution < -0.4 is 10.9 Å². The van der Waals surface area contributed by atoms with E-state index in [0.717, 1.165) is 11.1 Å². The van der Waals surface area contributed by atoms with Gasteiger partial charge in [0.15, 0.2) is 11.7 Å². The SMILES string of the molecule is FSc1ccc(C2=NNC(c3ccccc3)=NN2)cc1. The monoisotopic (exact) mass is 286 g/mol. The molecule has 0 aromatic heterocycles. The predicted molar refractivity (Wildman–Crippen MR) is 79.2 cm³/mol. The van der Waals surface area contributed by atoms with E-state index in [-0.39, 0.29) is 12.1 Å². The summed E-state index contributed by atoms with van der Waals surface area (Å²) < 4.78 is 12.4. The van der Waals surface area contributed by atoms with Gasteiger partial charge in [-0.2, -0.15) is 14.1 Å². The van der Waals surface area contributed by atoms with Crippen LogP contribution in [0, 0.1) is 0 Å². The van der Waals surface area contributed by atoms with Gasteiger partial charge in [-0.15, -0.1) is 0 Å². The summed E-state index contributed by atoms with van der Waals surface area (Å²) in [6, 6.07) is 16.7. The summed E-state index contributed by atoms with van der Waals surface area (Å²) in [6.45, 7) is 0. The van der Waals surface area contributed by atoms with Gasteiger partial charge in [0, 0.05) is 16.0 Å². The lowest BCUT2D eigenvalue weighted by Gasteiger charge is -2.15. The van der Waals surface area contributed by atoms with Crippen LogP contribution in [0.4, 0.5) is 3.89 Å². The van der Waals surface area contributed by atoms with Gasteiger partial charge in [0.05, 0.1) is 12.1 Å². The zero-order valence-electron chi connectivity index (χ0n) is 10.4. The van der Waals surface area contributed by atoms with E-state index in [1.165, 1.54) is 0 Å². The summed E-state index contributed by atoms with van der Waals surface area (Å²) in [5, 5.41) is 8.48. The molecule has 2 aromatic rings. The third kappa shape index (κ3) is 2.65. The molecule has 20 heavy (non-hydrogen) atoms. The topological polar surface area (TPSA) is 48.8 Å². The first-order chi connectivity index (χ1) is 9.86. The zero-order chi connectivity index (χ0) is 13.8. The molecule has 0 bridgehead atoms. The Hall–Kier alpha value is -2.34. The van der Waals surface area contributed by atoms with Gasteiger partial charge in [0.2, 0.25) is 0 Å². The standard InChI is InChI=1S/C14H11FN4S/c15-20-12-8-6-11(7-9-12)14-18-16-13(17-19-14)10-4-2-1-3-5-10/h1-9H,(H,16,17)(H,18,19). The fraction of sp³-hybridized carbons (Fsp3) is 0. The second-order valence-electron chi connectivity index (χ2n) is 4.11. The van der Waals surface area contributed by atoms with E-state index < -0.39 is 0 Å². The molecular weight excluding hydrogens is 275 g/mol. The molecule has 0 unspecified atom stereocenters. The molecule has 3 rings (SSSR count). The van der Waals surface area contributed by atoms with Crippen molar-refractivity contribution in [3.8, 4) is 0 Å². The van der Waals surface area contributed by atoms with Crippen LogP contribution in [0.3, 0.4) is 0 Å². The molecule has 1 heterocycles. The van der Waals surface area contributed by atoms with Crippen LogP contribution in [-0.2, 0) is 0 Å². The Morgan fingerprint density at radius 2 is 1.30 bits per heavy atom. The number of nitrogens with zero attached hydrogens (tertiary/aromatic N) is 2. The van der Waals surface area contributed by atoms with Gasteiger partial charge in [-0.25, -0.2) is 0 Å². The van der Waals surface area contributed by atoms with Crippen molar-refractivity contribution in [3.05, 3.63) is 65.7 Å².